The predicted octanol–water partition coefficient (Wildman–Crippen LogP) is 3.53. The first-order valence-electron chi connectivity index (χ1n) is 6.21. The van der Waals surface area contributed by atoms with E-state index in [0.717, 1.165) is 5.69 Å². The van der Waals surface area contributed by atoms with Crippen molar-refractivity contribution in [2.24, 2.45) is 10.1 Å². The van der Waals surface area contributed by atoms with Gasteiger partial charge in [0.25, 0.3) is 0 Å². The fourth-order valence-corrected chi connectivity index (χ4v) is 2.47. The van der Waals surface area contributed by atoms with Gasteiger partial charge in [-0.2, -0.15) is 10.4 Å². The second kappa shape index (κ2) is 7.16. The first kappa shape index (κ1) is 15.4. The number of aliphatic imine (C=N–C) groups is 1. The van der Waals surface area contributed by atoms with Crippen molar-refractivity contribution in [2.75, 3.05) is 18.2 Å². The van der Waals surface area contributed by atoms with Gasteiger partial charge < -0.3 is 5.32 Å². The van der Waals surface area contributed by atoms with Gasteiger partial charge in [0.2, 0.25) is 0 Å². The van der Waals surface area contributed by atoms with Crippen LogP contribution < -0.4 is 5.32 Å². The number of nitrogens with zero attached hydrogens (tertiary/aromatic N) is 4. The van der Waals surface area contributed by atoms with E-state index in [9.17, 15) is 5.26 Å². The van der Waals surface area contributed by atoms with Crippen molar-refractivity contribution in [3.05, 3.63) is 40.7 Å². The molecule has 2 rings (SSSR count). The summed E-state index contributed by atoms with van der Waals surface area (Å²) in [4.78, 5) is 4.36. The number of halogens is 1. The summed E-state index contributed by atoms with van der Waals surface area (Å²) >= 11 is 7.33. The van der Waals surface area contributed by atoms with Crippen molar-refractivity contribution >= 4 is 40.3 Å². The molecule has 0 spiro atoms. The van der Waals surface area contributed by atoms with E-state index in [4.69, 9.17) is 11.6 Å². The van der Waals surface area contributed by atoms with Crippen LogP contribution in [0.1, 0.15) is 6.92 Å². The fourth-order valence-electron chi connectivity index (χ4n) is 1.81. The molecule has 1 heterocycles. The Morgan fingerprint density at radius 3 is 2.76 bits per heavy atom. The zero-order valence-electron chi connectivity index (χ0n) is 11.7. The maximum atomic E-state index is 9.43. The summed E-state index contributed by atoms with van der Waals surface area (Å²) in [5.74, 6) is 0.622. The Labute approximate surface area is 133 Å². The van der Waals surface area contributed by atoms with Gasteiger partial charge in [0.15, 0.2) is 0 Å². The highest BCUT2D eigenvalue weighted by Crippen LogP contribution is 2.24. The van der Waals surface area contributed by atoms with E-state index in [0.29, 0.717) is 28.1 Å². The van der Waals surface area contributed by atoms with Crippen LogP contribution in [0, 0.1) is 11.3 Å². The molecule has 0 saturated heterocycles. The molecular weight excluding hydrogens is 306 g/mol. The maximum absolute atomic E-state index is 9.43. The van der Waals surface area contributed by atoms with Gasteiger partial charge in [-0.25, -0.2) is 5.01 Å². The summed E-state index contributed by atoms with van der Waals surface area (Å²) in [7, 11) is 0. The number of hydrogen-bond acceptors (Lipinski definition) is 6. The Kier molecular flexibility index (Phi) is 5.26. The highest BCUT2D eigenvalue weighted by molar-refractivity contribution is 8.13. The molecule has 0 bridgehead atoms. The van der Waals surface area contributed by atoms with Crippen molar-refractivity contribution in [3.63, 3.8) is 0 Å². The lowest BCUT2D eigenvalue weighted by atomic mass is 10.2. The highest BCUT2D eigenvalue weighted by atomic mass is 35.5. The van der Waals surface area contributed by atoms with Crippen molar-refractivity contribution < 1.29 is 0 Å². The molecule has 1 aromatic rings. The molecule has 1 aliphatic rings. The Bertz CT molecular complexity index is 642. The molecule has 0 amide bonds. The molecule has 0 aliphatic carbocycles. The molecule has 0 unspecified atom stereocenters. The molecule has 21 heavy (non-hydrogen) atoms. The van der Waals surface area contributed by atoms with E-state index < -0.39 is 0 Å². The number of nitriles is 1. The van der Waals surface area contributed by atoms with Crippen LogP contribution in [0.5, 0.6) is 0 Å². The Hall–Kier alpha value is -1.97. The quantitative estimate of drug-likeness (QED) is 0.866. The van der Waals surface area contributed by atoms with Crippen LogP contribution >= 0.6 is 23.4 Å². The smallest absolute Gasteiger partial charge is 0.150 e. The first-order valence-corrected chi connectivity index (χ1v) is 7.81. The van der Waals surface area contributed by atoms with Gasteiger partial charge in [-0.15, -0.1) is 11.8 Å². The van der Waals surface area contributed by atoms with Crippen LogP contribution in [0.4, 0.5) is 5.69 Å². The first-order chi connectivity index (χ1) is 10.2. The largest absolute Gasteiger partial charge is 0.339 e. The number of benzene rings is 1. The summed E-state index contributed by atoms with van der Waals surface area (Å²) in [5.41, 5.74) is 1.31. The van der Waals surface area contributed by atoms with Crippen LogP contribution in [0.15, 0.2) is 45.8 Å². The molecule has 1 N–H and O–H groups in total. The normalized spacial score (nSPS) is 15.1. The van der Waals surface area contributed by atoms with Crippen molar-refractivity contribution in [1.29, 1.82) is 5.26 Å². The van der Waals surface area contributed by atoms with E-state index in [-0.39, 0.29) is 0 Å². The zero-order valence-corrected chi connectivity index (χ0v) is 13.2. The number of nitrogens with one attached hydrogen (secondary N) is 1. The molecule has 108 valence electrons. The van der Waals surface area contributed by atoms with Gasteiger partial charge in [0.1, 0.15) is 29.2 Å². The molecule has 7 heteroatoms. The van der Waals surface area contributed by atoms with Crippen LogP contribution in [0.3, 0.4) is 0 Å². The minimum absolute atomic E-state index is 0.377. The number of rotatable bonds is 3. The Balaban J connectivity index is 2.40. The van der Waals surface area contributed by atoms with E-state index in [2.05, 4.69) is 21.5 Å². The second-order valence-electron chi connectivity index (χ2n) is 4.05. The van der Waals surface area contributed by atoms with Gasteiger partial charge in [0, 0.05) is 16.9 Å². The van der Waals surface area contributed by atoms with Crippen LogP contribution in [-0.2, 0) is 0 Å². The lowest BCUT2D eigenvalue weighted by Gasteiger charge is -2.26. The molecule has 5 nitrogen and oxygen atoms in total. The highest BCUT2D eigenvalue weighted by Gasteiger charge is 2.23. The predicted molar refractivity (Wildman–Crippen MR) is 89.5 cm³/mol. The molecule has 0 aromatic heterocycles. The monoisotopic (exact) mass is 319 g/mol. The fraction of sp³-hybridized carbons (Fsp3) is 0.214. The van der Waals surface area contributed by atoms with Gasteiger partial charge >= 0.3 is 0 Å². The average molecular weight is 320 g/mol. The third-order valence-corrected chi connectivity index (χ3v) is 3.70. The summed E-state index contributed by atoms with van der Waals surface area (Å²) in [6, 6.07) is 9.47. The topological polar surface area (TPSA) is 63.8 Å². The summed E-state index contributed by atoms with van der Waals surface area (Å²) in [6.45, 7) is 2.20. The van der Waals surface area contributed by atoms with E-state index in [1.807, 2.05) is 25.3 Å². The van der Waals surface area contributed by atoms with E-state index in [1.165, 1.54) is 11.8 Å². The van der Waals surface area contributed by atoms with Crippen LogP contribution in [0.2, 0.25) is 5.02 Å². The number of anilines is 1. The van der Waals surface area contributed by atoms with Crippen LogP contribution in [-0.4, -0.2) is 29.2 Å². The summed E-state index contributed by atoms with van der Waals surface area (Å²) in [5, 5.41) is 19.9. The van der Waals surface area contributed by atoms with Crippen LogP contribution in [0.25, 0.3) is 0 Å². The van der Waals surface area contributed by atoms with Gasteiger partial charge in [-0.3, -0.25) is 4.99 Å². The summed E-state index contributed by atoms with van der Waals surface area (Å²) in [6.07, 6.45) is 3.56. The third kappa shape index (κ3) is 3.57. The minimum Gasteiger partial charge on any atom is -0.339 e. The number of thioether (sulfide) groups is 1. The molecule has 0 atom stereocenters. The second-order valence-corrected chi connectivity index (χ2v) is 5.28. The standard InChI is InChI=1S/C14H14ClN5S/c1-3-18-20-9-17-14(21-2)12(8-16)13(20)19-11-6-4-10(15)5-7-11/h3-7,19H,9H2,1-2H3/b18-3-. The summed E-state index contributed by atoms with van der Waals surface area (Å²) < 4.78 is 0. The van der Waals surface area contributed by atoms with Crippen molar-refractivity contribution in [3.8, 4) is 6.07 Å². The van der Waals surface area contributed by atoms with E-state index in [1.54, 1.807) is 23.4 Å². The molecule has 0 radical (unpaired) electrons. The Morgan fingerprint density at radius 2 is 2.19 bits per heavy atom. The minimum atomic E-state index is 0.377. The lowest BCUT2D eigenvalue weighted by Crippen LogP contribution is -2.29. The SMILES string of the molecule is C/C=N\N1CN=C(SC)C(C#N)=C1Nc1ccc(Cl)cc1. The Morgan fingerprint density at radius 1 is 1.48 bits per heavy atom. The average Bonchev–Trinajstić information content (AvgIpc) is 2.51. The van der Waals surface area contributed by atoms with Gasteiger partial charge in [-0.05, 0) is 37.4 Å². The molecule has 0 saturated carbocycles. The van der Waals surface area contributed by atoms with E-state index >= 15 is 0 Å². The lowest BCUT2D eigenvalue weighted by molar-refractivity contribution is 0.377. The molecule has 1 aliphatic heterocycles. The van der Waals surface area contributed by atoms with Gasteiger partial charge in [-0.1, -0.05) is 11.6 Å². The third-order valence-electron chi connectivity index (χ3n) is 2.72. The maximum Gasteiger partial charge on any atom is 0.150 e. The number of hydrogen-bond donors (Lipinski definition) is 1. The molecule has 0 fully saturated rings. The molecule has 1 aromatic carbocycles. The van der Waals surface area contributed by atoms with Gasteiger partial charge in [0.05, 0.1) is 0 Å². The molecular formula is C14H14ClN5S. The van der Waals surface area contributed by atoms with Crippen molar-refractivity contribution in [2.45, 2.75) is 6.92 Å². The van der Waals surface area contributed by atoms with Crippen molar-refractivity contribution in [1.82, 2.24) is 5.01 Å². The zero-order chi connectivity index (χ0) is 15.2. The number of hydrazone groups is 1.